The molecule has 1 atom stereocenters. The third-order valence-corrected chi connectivity index (χ3v) is 4.50. The third kappa shape index (κ3) is 5.15. The van der Waals surface area contributed by atoms with Gasteiger partial charge in [0.25, 0.3) is 11.8 Å². The van der Waals surface area contributed by atoms with Gasteiger partial charge in [-0.15, -0.1) is 11.3 Å². The number of thiophene rings is 1. The van der Waals surface area contributed by atoms with E-state index in [1.807, 2.05) is 11.4 Å². The Morgan fingerprint density at radius 2 is 1.76 bits per heavy atom. The van der Waals surface area contributed by atoms with Crippen LogP contribution >= 0.6 is 11.3 Å². The van der Waals surface area contributed by atoms with E-state index in [4.69, 9.17) is 5.11 Å². The molecule has 0 unspecified atom stereocenters. The minimum Gasteiger partial charge on any atom is -0.480 e. The van der Waals surface area contributed by atoms with Crippen molar-refractivity contribution in [1.29, 1.82) is 0 Å². The van der Waals surface area contributed by atoms with Gasteiger partial charge in [-0.3, -0.25) is 9.59 Å². The maximum Gasteiger partial charge on any atom is 0.326 e. The quantitative estimate of drug-likeness (QED) is 0.707. The van der Waals surface area contributed by atoms with E-state index in [0.29, 0.717) is 17.0 Å². The molecule has 2 aromatic rings. The lowest BCUT2D eigenvalue weighted by molar-refractivity contribution is -0.140. The van der Waals surface area contributed by atoms with Crippen molar-refractivity contribution in [1.82, 2.24) is 10.6 Å². The molecule has 0 saturated heterocycles. The zero-order valence-corrected chi connectivity index (χ0v) is 14.8. The summed E-state index contributed by atoms with van der Waals surface area (Å²) in [6.07, 6.45) is 0. The maximum absolute atomic E-state index is 12.2. The molecule has 0 radical (unpaired) electrons. The summed E-state index contributed by atoms with van der Waals surface area (Å²) in [5.41, 5.74) is 1.22. The van der Waals surface area contributed by atoms with Crippen LogP contribution in [-0.4, -0.2) is 28.9 Å². The molecule has 132 valence electrons. The number of nitrogens with one attached hydrogen (secondary N) is 2. The van der Waals surface area contributed by atoms with E-state index in [-0.39, 0.29) is 11.8 Å². The molecule has 6 nitrogen and oxygen atoms in total. The van der Waals surface area contributed by atoms with Gasteiger partial charge in [0, 0.05) is 12.1 Å². The summed E-state index contributed by atoms with van der Waals surface area (Å²) in [5, 5.41) is 16.3. The molecule has 0 aliphatic rings. The lowest BCUT2D eigenvalue weighted by Crippen LogP contribution is -2.44. The van der Waals surface area contributed by atoms with Crippen LogP contribution in [0.5, 0.6) is 0 Å². The molecule has 0 spiro atoms. The fourth-order valence-corrected chi connectivity index (χ4v) is 2.83. The van der Waals surface area contributed by atoms with Crippen LogP contribution in [0.1, 0.15) is 39.4 Å². The summed E-state index contributed by atoms with van der Waals surface area (Å²) in [7, 11) is 0. The van der Waals surface area contributed by atoms with E-state index in [1.165, 1.54) is 11.3 Å². The predicted molar refractivity (Wildman–Crippen MR) is 95.7 cm³/mol. The summed E-state index contributed by atoms with van der Waals surface area (Å²) in [6, 6.07) is 9.32. The number of carbonyl (C=O) groups is 3. The van der Waals surface area contributed by atoms with Crippen LogP contribution in [0.15, 0.2) is 41.8 Å². The first-order chi connectivity index (χ1) is 11.9. The van der Waals surface area contributed by atoms with Gasteiger partial charge in [-0.05, 0) is 35.1 Å². The summed E-state index contributed by atoms with van der Waals surface area (Å²) in [4.78, 5) is 35.8. The van der Waals surface area contributed by atoms with Crippen LogP contribution in [0.3, 0.4) is 0 Å². The van der Waals surface area contributed by atoms with E-state index in [1.54, 1.807) is 44.2 Å². The number of benzene rings is 1. The van der Waals surface area contributed by atoms with E-state index >= 15 is 0 Å². The second kappa shape index (κ2) is 8.43. The lowest BCUT2D eigenvalue weighted by atomic mass is 10.0. The van der Waals surface area contributed by atoms with Gasteiger partial charge >= 0.3 is 5.97 Å². The fraction of sp³-hybridized carbons (Fsp3) is 0.278. The highest BCUT2D eigenvalue weighted by Gasteiger charge is 2.23. The van der Waals surface area contributed by atoms with Crippen LogP contribution in [0, 0.1) is 5.92 Å². The van der Waals surface area contributed by atoms with Crippen molar-refractivity contribution in [3.8, 4) is 0 Å². The smallest absolute Gasteiger partial charge is 0.326 e. The minimum absolute atomic E-state index is 0.141. The fourth-order valence-electron chi connectivity index (χ4n) is 2.19. The maximum atomic E-state index is 12.2. The molecule has 2 amide bonds. The van der Waals surface area contributed by atoms with Gasteiger partial charge in [0.2, 0.25) is 0 Å². The average Bonchev–Trinajstić information content (AvgIpc) is 3.11. The van der Waals surface area contributed by atoms with Crippen molar-refractivity contribution < 1.29 is 19.5 Å². The molecule has 0 bridgehead atoms. The number of carboxylic acid groups (broad SMARTS) is 1. The van der Waals surface area contributed by atoms with E-state index < -0.39 is 17.9 Å². The van der Waals surface area contributed by atoms with Crippen LogP contribution < -0.4 is 10.6 Å². The summed E-state index contributed by atoms with van der Waals surface area (Å²) in [5.74, 6) is -1.85. The second-order valence-electron chi connectivity index (χ2n) is 5.89. The highest BCUT2D eigenvalue weighted by Crippen LogP contribution is 2.10. The van der Waals surface area contributed by atoms with Crippen LogP contribution in [0.2, 0.25) is 0 Å². The van der Waals surface area contributed by atoms with Crippen LogP contribution in [0.4, 0.5) is 0 Å². The van der Waals surface area contributed by atoms with Gasteiger partial charge < -0.3 is 15.7 Å². The Labute approximate surface area is 149 Å². The van der Waals surface area contributed by atoms with Crippen molar-refractivity contribution in [2.24, 2.45) is 5.92 Å². The molecule has 1 aromatic carbocycles. The molecule has 7 heteroatoms. The normalized spacial score (nSPS) is 11.8. The SMILES string of the molecule is CC(C)[C@H](NC(=O)c1ccc(CNC(=O)c2cccs2)cc1)C(=O)O. The van der Waals surface area contributed by atoms with Gasteiger partial charge in [0.1, 0.15) is 6.04 Å². The van der Waals surface area contributed by atoms with Crippen molar-refractivity contribution in [3.05, 3.63) is 57.8 Å². The number of aliphatic carboxylic acids is 1. The predicted octanol–water partition coefficient (Wildman–Crippen LogP) is 2.52. The molecule has 0 aliphatic carbocycles. The highest BCUT2D eigenvalue weighted by molar-refractivity contribution is 7.12. The minimum atomic E-state index is -1.06. The molecular weight excluding hydrogens is 340 g/mol. The molecule has 1 aromatic heterocycles. The Hall–Kier alpha value is -2.67. The average molecular weight is 360 g/mol. The van der Waals surface area contributed by atoms with Gasteiger partial charge in [-0.25, -0.2) is 4.79 Å². The zero-order valence-electron chi connectivity index (χ0n) is 14.0. The monoisotopic (exact) mass is 360 g/mol. The second-order valence-corrected chi connectivity index (χ2v) is 6.84. The summed E-state index contributed by atoms with van der Waals surface area (Å²) >= 11 is 1.37. The van der Waals surface area contributed by atoms with E-state index in [2.05, 4.69) is 10.6 Å². The van der Waals surface area contributed by atoms with Gasteiger partial charge in [0.15, 0.2) is 0 Å². The molecule has 25 heavy (non-hydrogen) atoms. The lowest BCUT2D eigenvalue weighted by Gasteiger charge is -2.18. The molecule has 0 fully saturated rings. The standard InChI is InChI=1S/C18H20N2O4S/c1-11(2)15(18(23)24)20-16(21)13-7-5-12(6-8-13)10-19-17(22)14-4-3-9-25-14/h3-9,11,15H,10H2,1-2H3,(H,19,22)(H,20,21)(H,23,24)/t15-/m0/s1. The molecule has 0 aliphatic heterocycles. The first-order valence-corrected chi connectivity index (χ1v) is 8.70. The van der Waals surface area contributed by atoms with Crippen LogP contribution in [0.25, 0.3) is 0 Å². The summed E-state index contributed by atoms with van der Waals surface area (Å²) < 4.78 is 0. The molecule has 3 N–H and O–H groups in total. The highest BCUT2D eigenvalue weighted by atomic mass is 32.1. The topological polar surface area (TPSA) is 95.5 Å². The number of amides is 2. The number of carbonyl (C=O) groups excluding carboxylic acids is 2. The van der Waals surface area contributed by atoms with Crippen molar-refractivity contribution in [3.63, 3.8) is 0 Å². The number of hydrogen-bond acceptors (Lipinski definition) is 4. The third-order valence-electron chi connectivity index (χ3n) is 3.63. The Kier molecular flexibility index (Phi) is 6.30. The Morgan fingerprint density at radius 3 is 2.28 bits per heavy atom. The first-order valence-electron chi connectivity index (χ1n) is 7.83. The Balaban J connectivity index is 1.93. The molecule has 1 heterocycles. The first kappa shape index (κ1) is 18.7. The summed E-state index contributed by atoms with van der Waals surface area (Å²) in [6.45, 7) is 3.82. The van der Waals surface area contributed by atoms with Crippen molar-refractivity contribution in [2.45, 2.75) is 26.4 Å². The van der Waals surface area contributed by atoms with Gasteiger partial charge in [0.05, 0.1) is 4.88 Å². The van der Waals surface area contributed by atoms with E-state index in [9.17, 15) is 14.4 Å². The molecule has 0 saturated carbocycles. The largest absolute Gasteiger partial charge is 0.480 e. The van der Waals surface area contributed by atoms with Gasteiger partial charge in [-0.1, -0.05) is 32.0 Å². The van der Waals surface area contributed by atoms with Crippen molar-refractivity contribution >= 4 is 29.1 Å². The van der Waals surface area contributed by atoms with Crippen molar-refractivity contribution in [2.75, 3.05) is 0 Å². The number of rotatable bonds is 7. The zero-order chi connectivity index (χ0) is 18.4. The number of carboxylic acids is 1. The van der Waals surface area contributed by atoms with E-state index in [0.717, 1.165) is 5.56 Å². The van der Waals surface area contributed by atoms with Crippen LogP contribution in [-0.2, 0) is 11.3 Å². The Bertz CT molecular complexity index is 739. The molecular formula is C18H20N2O4S. The molecule has 2 rings (SSSR count). The van der Waals surface area contributed by atoms with Gasteiger partial charge in [-0.2, -0.15) is 0 Å². The Morgan fingerprint density at radius 1 is 1.08 bits per heavy atom. The number of hydrogen-bond donors (Lipinski definition) is 3.